The first-order valence-corrected chi connectivity index (χ1v) is 3.78. The minimum Gasteiger partial charge on any atom is -0.380 e. The van der Waals surface area contributed by atoms with E-state index in [1.807, 2.05) is 0 Å². The molecule has 1 fully saturated rings. The second-order valence-corrected chi connectivity index (χ2v) is 2.69. The zero-order chi connectivity index (χ0) is 8.27. The molecule has 1 aliphatic rings. The molecule has 11 heavy (non-hydrogen) atoms. The highest BCUT2D eigenvalue weighted by molar-refractivity contribution is 5.78. The summed E-state index contributed by atoms with van der Waals surface area (Å²) in [5.41, 5.74) is 5.21. The number of carbonyl (C=O) groups is 1. The SMILES string of the molecule is CO[C@@H]1CCN(C(=O)CN)C1. The number of carbonyl (C=O) groups excluding carboxylic acids is 1. The van der Waals surface area contributed by atoms with E-state index in [-0.39, 0.29) is 18.6 Å². The predicted molar refractivity (Wildman–Crippen MR) is 41.0 cm³/mol. The summed E-state index contributed by atoms with van der Waals surface area (Å²) in [5, 5.41) is 0. The van der Waals surface area contributed by atoms with Gasteiger partial charge in [-0.3, -0.25) is 4.79 Å². The summed E-state index contributed by atoms with van der Waals surface area (Å²) >= 11 is 0. The summed E-state index contributed by atoms with van der Waals surface area (Å²) in [6, 6.07) is 0. The second-order valence-electron chi connectivity index (χ2n) is 2.69. The monoisotopic (exact) mass is 158 g/mol. The lowest BCUT2D eigenvalue weighted by Gasteiger charge is -2.14. The summed E-state index contributed by atoms with van der Waals surface area (Å²) in [7, 11) is 1.67. The van der Waals surface area contributed by atoms with Gasteiger partial charge in [-0.05, 0) is 6.42 Å². The van der Waals surface area contributed by atoms with E-state index in [1.165, 1.54) is 0 Å². The van der Waals surface area contributed by atoms with E-state index in [2.05, 4.69) is 0 Å². The van der Waals surface area contributed by atoms with E-state index < -0.39 is 0 Å². The Morgan fingerprint density at radius 1 is 1.82 bits per heavy atom. The molecule has 0 aromatic rings. The Balaban J connectivity index is 2.35. The maximum absolute atomic E-state index is 11.0. The smallest absolute Gasteiger partial charge is 0.236 e. The van der Waals surface area contributed by atoms with Gasteiger partial charge in [-0.1, -0.05) is 0 Å². The summed E-state index contributed by atoms with van der Waals surface area (Å²) in [4.78, 5) is 12.8. The van der Waals surface area contributed by atoms with Crippen LogP contribution >= 0.6 is 0 Å². The van der Waals surface area contributed by atoms with Crippen LogP contribution in [0.25, 0.3) is 0 Å². The fraction of sp³-hybridized carbons (Fsp3) is 0.857. The molecule has 1 saturated heterocycles. The van der Waals surface area contributed by atoms with E-state index in [0.717, 1.165) is 13.0 Å². The summed E-state index contributed by atoms with van der Waals surface area (Å²) in [6.45, 7) is 1.59. The van der Waals surface area contributed by atoms with Crippen LogP contribution in [-0.2, 0) is 9.53 Å². The number of hydrogen-bond acceptors (Lipinski definition) is 3. The van der Waals surface area contributed by atoms with Gasteiger partial charge in [0, 0.05) is 20.2 Å². The molecule has 0 saturated carbocycles. The Kier molecular flexibility index (Phi) is 2.84. The third kappa shape index (κ3) is 1.91. The van der Waals surface area contributed by atoms with E-state index in [0.29, 0.717) is 6.54 Å². The van der Waals surface area contributed by atoms with Crippen LogP contribution in [0, 0.1) is 0 Å². The second kappa shape index (κ2) is 3.69. The van der Waals surface area contributed by atoms with Crippen molar-refractivity contribution in [2.75, 3.05) is 26.7 Å². The third-order valence-corrected chi connectivity index (χ3v) is 2.01. The highest BCUT2D eigenvalue weighted by Gasteiger charge is 2.24. The molecule has 4 nitrogen and oxygen atoms in total. The molecule has 1 atom stereocenters. The standard InChI is InChI=1S/C7H14N2O2/c1-11-6-2-3-9(5-6)7(10)4-8/h6H,2-5,8H2,1H3/t6-/m1/s1. The molecule has 0 aromatic carbocycles. The number of amides is 1. The zero-order valence-corrected chi connectivity index (χ0v) is 6.75. The van der Waals surface area contributed by atoms with E-state index in [1.54, 1.807) is 12.0 Å². The number of methoxy groups -OCH3 is 1. The average molecular weight is 158 g/mol. The van der Waals surface area contributed by atoms with Crippen LogP contribution in [-0.4, -0.2) is 43.7 Å². The number of rotatable bonds is 2. The lowest BCUT2D eigenvalue weighted by molar-refractivity contribution is -0.129. The summed E-state index contributed by atoms with van der Waals surface area (Å²) < 4.78 is 5.10. The minimum absolute atomic E-state index is 0.0181. The first kappa shape index (κ1) is 8.49. The maximum atomic E-state index is 11.0. The molecule has 1 rings (SSSR count). The van der Waals surface area contributed by atoms with Crippen molar-refractivity contribution in [2.24, 2.45) is 5.73 Å². The Morgan fingerprint density at radius 2 is 2.55 bits per heavy atom. The molecule has 0 bridgehead atoms. The van der Waals surface area contributed by atoms with Gasteiger partial charge in [-0.15, -0.1) is 0 Å². The molecule has 2 N–H and O–H groups in total. The Labute approximate surface area is 66.3 Å². The minimum atomic E-state index is 0.0181. The predicted octanol–water partition coefficient (Wildman–Crippen LogP) is -0.808. The fourth-order valence-electron chi connectivity index (χ4n) is 1.28. The fourth-order valence-corrected chi connectivity index (χ4v) is 1.28. The molecule has 4 heteroatoms. The number of ether oxygens (including phenoxy) is 1. The van der Waals surface area contributed by atoms with Crippen LogP contribution in [0.15, 0.2) is 0 Å². The van der Waals surface area contributed by atoms with Gasteiger partial charge < -0.3 is 15.4 Å². The number of hydrogen-bond donors (Lipinski definition) is 1. The summed E-state index contributed by atoms with van der Waals surface area (Å²) in [5.74, 6) is 0.0181. The van der Waals surface area contributed by atoms with Gasteiger partial charge in [0.05, 0.1) is 12.6 Å². The van der Waals surface area contributed by atoms with Gasteiger partial charge >= 0.3 is 0 Å². The highest BCUT2D eigenvalue weighted by Crippen LogP contribution is 2.10. The van der Waals surface area contributed by atoms with Crippen molar-refractivity contribution in [1.82, 2.24) is 4.90 Å². The number of nitrogens with two attached hydrogens (primary N) is 1. The van der Waals surface area contributed by atoms with E-state index >= 15 is 0 Å². The van der Waals surface area contributed by atoms with Crippen molar-refractivity contribution in [3.63, 3.8) is 0 Å². The van der Waals surface area contributed by atoms with Crippen molar-refractivity contribution in [1.29, 1.82) is 0 Å². The highest BCUT2D eigenvalue weighted by atomic mass is 16.5. The largest absolute Gasteiger partial charge is 0.380 e. The zero-order valence-electron chi connectivity index (χ0n) is 6.75. The molecule has 64 valence electrons. The van der Waals surface area contributed by atoms with Gasteiger partial charge in [0.15, 0.2) is 0 Å². The third-order valence-electron chi connectivity index (χ3n) is 2.01. The molecule has 0 aliphatic carbocycles. The lowest BCUT2D eigenvalue weighted by Crippen LogP contribution is -2.34. The number of likely N-dealkylation sites (tertiary alicyclic amines) is 1. The Bertz CT molecular complexity index is 149. The summed E-state index contributed by atoms with van der Waals surface area (Å²) in [6.07, 6.45) is 1.15. The Hall–Kier alpha value is -0.610. The van der Waals surface area contributed by atoms with Crippen molar-refractivity contribution in [2.45, 2.75) is 12.5 Å². The van der Waals surface area contributed by atoms with Crippen LogP contribution in [0.2, 0.25) is 0 Å². The van der Waals surface area contributed by atoms with Gasteiger partial charge in [0.2, 0.25) is 5.91 Å². The van der Waals surface area contributed by atoms with Crippen molar-refractivity contribution in [3.05, 3.63) is 0 Å². The molecular formula is C7H14N2O2. The average Bonchev–Trinajstić information content (AvgIpc) is 2.50. The van der Waals surface area contributed by atoms with Gasteiger partial charge in [-0.2, -0.15) is 0 Å². The molecule has 0 spiro atoms. The van der Waals surface area contributed by atoms with Gasteiger partial charge in [-0.25, -0.2) is 0 Å². The van der Waals surface area contributed by atoms with Crippen LogP contribution in [0.4, 0.5) is 0 Å². The molecule has 0 unspecified atom stereocenters. The van der Waals surface area contributed by atoms with Crippen LogP contribution in [0.3, 0.4) is 0 Å². The lowest BCUT2D eigenvalue weighted by atomic mass is 10.3. The van der Waals surface area contributed by atoms with Crippen LogP contribution in [0.5, 0.6) is 0 Å². The topological polar surface area (TPSA) is 55.6 Å². The van der Waals surface area contributed by atoms with Gasteiger partial charge in [0.25, 0.3) is 0 Å². The quantitative estimate of drug-likeness (QED) is 0.572. The molecule has 1 amide bonds. The molecule has 1 heterocycles. The van der Waals surface area contributed by atoms with Crippen molar-refractivity contribution < 1.29 is 9.53 Å². The Morgan fingerprint density at radius 3 is 3.00 bits per heavy atom. The molecular weight excluding hydrogens is 144 g/mol. The number of nitrogens with zero attached hydrogens (tertiary/aromatic N) is 1. The molecule has 1 aliphatic heterocycles. The molecule has 0 aromatic heterocycles. The first-order valence-electron chi connectivity index (χ1n) is 3.78. The van der Waals surface area contributed by atoms with Crippen LogP contribution < -0.4 is 5.73 Å². The van der Waals surface area contributed by atoms with E-state index in [9.17, 15) is 4.79 Å². The van der Waals surface area contributed by atoms with Crippen molar-refractivity contribution in [3.8, 4) is 0 Å². The van der Waals surface area contributed by atoms with Crippen molar-refractivity contribution >= 4 is 5.91 Å². The van der Waals surface area contributed by atoms with Crippen LogP contribution in [0.1, 0.15) is 6.42 Å². The first-order chi connectivity index (χ1) is 5.27. The maximum Gasteiger partial charge on any atom is 0.236 e. The van der Waals surface area contributed by atoms with Gasteiger partial charge in [0.1, 0.15) is 0 Å². The normalized spacial score (nSPS) is 24.2. The van der Waals surface area contributed by atoms with E-state index in [4.69, 9.17) is 10.5 Å². The molecule has 0 radical (unpaired) electrons.